The second-order valence-corrected chi connectivity index (χ2v) is 7.86. The second kappa shape index (κ2) is 15.1. The quantitative estimate of drug-likeness (QED) is 0.338. The smallest absolute Gasteiger partial charge is 0.216 e. The Labute approximate surface area is 170 Å². The number of ether oxygens (including phenoxy) is 4. The molecular weight excluding hydrogens is 367 g/mol. The third-order valence-electron chi connectivity index (χ3n) is 4.46. The largest absolute Gasteiger partial charge is 0.378 e. The lowest BCUT2D eigenvalue weighted by Gasteiger charge is -2.29. The van der Waals surface area contributed by atoms with E-state index in [1.54, 1.807) is 13.8 Å². The minimum atomic E-state index is -1.29. The average molecular weight is 409 g/mol. The zero-order valence-electron chi connectivity index (χ0n) is 18.6. The van der Waals surface area contributed by atoms with Gasteiger partial charge in [-0.3, -0.25) is 4.79 Å². The molecule has 0 rings (SSSR count). The first-order valence-corrected chi connectivity index (χ1v) is 10.1. The summed E-state index contributed by atoms with van der Waals surface area (Å²) in [6.07, 6.45) is -0.215. The minimum absolute atomic E-state index is 0.0640. The van der Waals surface area contributed by atoms with Gasteiger partial charge in [0.25, 0.3) is 0 Å². The molecule has 0 aromatic heterocycles. The van der Waals surface area contributed by atoms with Crippen molar-refractivity contribution in [2.45, 2.75) is 65.3 Å². The molecule has 0 spiro atoms. The van der Waals surface area contributed by atoms with E-state index < -0.39 is 11.8 Å². The van der Waals surface area contributed by atoms with E-state index in [2.05, 4.69) is 31.4 Å². The van der Waals surface area contributed by atoms with Crippen molar-refractivity contribution in [3.63, 3.8) is 0 Å². The summed E-state index contributed by atoms with van der Waals surface area (Å²) in [5, 5.41) is 5.88. The molecule has 0 aromatic rings. The van der Waals surface area contributed by atoms with E-state index in [1.165, 1.54) is 6.92 Å². The van der Waals surface area contributed by atoms with Crippen LogP contribution in [0, 0.1) is 0 Å². The van der Waals surface area contributed by atoms with Gasteiger partial charge in [0, 0.05) is 19.0 Å². The number of hydrogen-bond acceptors (Lipinski definition) is 6. The summed E-state index contributed by atoms with van der Waals surface area (Å²) in [6, 6.07) is 0. The lowest BCUT2D eigenvalue weighted by molar-refractivity contribution is -0.120. The van der Waals surface area contributed by atoms with Crippen LogP contribution in [-0.2, 0) is 23.7 Å². The van der Waals surface area contributed by atoms with Crippen LogP contribution < -0.4 is 10.6 Å². The maximum Gasteiger partial charge on any atom is 0.216 e. The molecule has 168 valence electrons. The van der Waals surface area contributed by atoms with Crippen LogP contribution in [0.25, 0.3) is 0 Å². The van der Waals surface area contributed by atoms with Crippen LogP contribution in [-0.4, -0.2) is 82.6 Å². The molecule has 0 heterocycles. The second-order valence-electron chi connectivity index (χ2n) is 7.86. The summed E-state index contributed by atoms with van der Waals surface area (Å²) in [6.45, 7) is 15.2. The Bertz CT molecular complexity index is 408. The zero-order chi connectivity index (χ0) is 21.5. The fourth-order valence-electron chi connectivity index (χ4n) is 2.06. The van der Waals surface area contributed by atoms with E-state index in [1.807, 2.05) is 0 Å². The van der Waals surface area contributed by atoms with Gasteiger partial charge in [0.1, 0.15) is 6.17 Å². The van der Waals surface area contributed by atoms with Crippen LogP contribution in [0.2, 0.25) is 0 Å². The van der Waals surface area contributed by atoms with Crippen LogP contribution >= 0.6 is 0 Å². The molecule has 0 aliphatic heterocycles. The Balaban J connectivity index is 3.47. The summed E-state index contributed by atoms with van der Waals surface area (Å²) >= 11 is 0. The highest BCUT2D eigenvalue weighted by Gasteiger charge is 2.30. The van der Waals surface area contributed by atoms with Crippen LogP contribution in [0.15, 0.2) is 0 Å². The van der Waals surface area contributed by atoms with E-state index in [9.17, 15) is 9.18 Å². The molecule has 0 saturated heterocycles. The van der Waals surface area contributed by atoms with Crippen LogP contribution in [0.5, 0.6) is 0 Å². The molecule has 0 aliphatic carbocycles. The van der Waals surface area contributed by atoms with Crippen molar-refractivity contribution in [3.05, 3.63) is 0 Å². The Morgan fingerprint density at radius 3 is 1.93 bits per heavy atom. The van der Waals surface area contributed by atoms with Gasteiger partial charge in [0.05, 0.1) is 58.4 Å². The molecule has 0 saturated carbocycles. The Kier molecular flexibility index (Phi) is 14.7. The van der Waals surface area contributed by atoms with Crippen molar-refractivity contribution in [1.29, 1.82) is 0 Å². The van der Waals surface area contributed by atoms with Gasteiger partial charge in [-0.05, 0) is 34.1 Å². The van der Waals surface area contributed by atoms with Crippen molar-refractivity contribution >= 4 is 5.91 Å². The number of rotatable bonds is 18. The van der Waals surface area contributed by atoms with Crippen LogP contribution in [0.1, 0.15) is 48.0 Å². The number of halogens is 1. The highest BCUT2D eigenvalue weighted by atomic mass is 19.1. The predicted octanol–water partition coefficient (Wildman–Crippen LogP) is 2.08. The predicted molar refractivity (Wildman–Crippen MR) is 108 cm³/mol. The molecule has 0 bridgehead atoms. The van der Waals surface area contributed by atoms with Gasteiger partial charge in [-0.1, -0.05) is 6.92 Å². The molecule has 28 heavy (non-hydrogen) atoms. The fraction of sp³-hybridized carbons (Fsp3) is 0.950. The fourth-order valence-corrected chi connectivity index (χ4v) is 2.06. The minimum Gasteiger partial charge on any atom is -0.378 e. The lowest BCUT2D eigenvalue weighted by atomic mass is 10.0. The normalized spacial score (nSPS) is 13.5. The van der Waals surface area contributed by atoms with E-state index >= 15 is 0 Å². The molecule has 1 atom stereocenters. The molecule has 8 heteroatoms. The monoisotopic (exact) mass is 408 g/mol. The molecule has 0 radical (unpaired) electrons. The standard InChI is InChI=1S/C20H41FN2O5/c1-7-19(3,4)23-8-9-25-10-11-26-12-13-27-14-15-28-20(5,6)18(21)16-22-17(2)24/h18,23H,7-16H2,1-6H3,(H,22,24). The van der Waals surface area contributed by atoms with Gasteiger partial charge in [-0.2, -0.15) is 0 Å². The first kappa shape index (κ1) is 27.2. The van der Waals surface area contributed by atoms with E-state index in [4.69, 9.17) is 18.9 Å². The lowest BCUT2D eigenvalue weighted by Crippen LogP contribution is -2.44. The third kappa shape index (κ3) is 15.2. The number of nitrogens with one attached hydrogen (secondary N) is 2. The van der Waals surface area contributed by atoms with Crippen molar-refractivity contribution in [1.82, 2.24) is 10.6 Å². The SMILES string of the molecule is CCC(C)(C)NCCOCCOCCOCCOC(C)(C)C(F)CNC(C)=O. The summed E-state index contributed by atoms with van der Waals surface area (Å²) < 4.78 is 35.9. The zero-order valence-corrected chi connectivity index (χ0v) is 18.6. The van der Waals surface area contributed by atoms with Gasteiger partial charge in [-0.15, -0.1) is 0 Å². The van der Waals surface area contributed by atoms with Crippen molar-refractivity contribution in [3.8, 4) is 0 Å². The number of amides is 1. The van der Waals surface area contributed by atoms with Crippen molar-refractivity contribution in [2.24, 2.45) is 0 Å². The summed E-state index contributed by atoms with van der Waals surface area (Å²) in [7, 11) is 0. The van der Waals surface area contributed by atoms with Crippen molar-refractivity contribution in [2.75, 3.05) is 59.3 Å². The first-order chi connectivity index (χ1) is 13.1. The maximum absolute atomic E-state index is 14.0. The molecule has 7 nitrogen and oxygen atoms in total. The van der Waals surface area contributed by atoms with Gasteiger partial charge < -0.3 is 29.6 Å². The van der Waals surface area contributed by atoms with Crippen LogP contribution in [0.3, 0.4) is 0 Å². The number of carbonyl (C=O) groups is 1. The maximum atomic E-state index is 14.0. The highest BCUT2D eigenvalue weighted by Crippen LogP contribution is 2.17. The van der Waals surface area contributed by atoms with Gasteiger partial charge in [-0.25, -0.2) is 4.39 Å². The van der Waals surface area contributed by atoms with E-state index in [-0.39, 0.29) is 24.6 Å². The molecule has 1 amide bonds. The Hall–Kier alpha value is -0.800. The highest BCUT2D eigenvalue weighted by molar-refractivity contribution is 5.72. The van der Waals surface area contributed by atoms with Gasteiger partial charge in [0.2, 0.25) is 5.91 Å². The average Bonchev–Trinajstić information content (AvgIpc) is 2.63. The summed E-state index contributed by atoms with van der Waals surface area (Å²) in [4.78, 5) is 10.8. The molecule has 0 aromatic carbocycles. The number of carbonyl (C=O) groups excluding carboxylic acids is 1. The number of hydrogen-bond donors (Lipinski definition) is 2. The molecule has 2 N–H and O–H groups in total. The Morgan fingerprint density at radius 2 is 1.43 bits per heavy atom. The topological polar surface area (TPSA) is 78.1 Å². The van der Waals surface area contributed by atoms with Gasteiger partial charge in [0.15, 0.2) is 0 Å². The molecule has 0 fully saturated rings. The van der Waals surface area contributed by atoms with E-state index in [0.717, 1.165) is 13.0 Å². The molecule has 0 aliphatic rings. The van der Waals surface area contributed by atoms with Crippen LogP contribution in [0.4, 0.5) is 4.39 Å². The van der Waals surface area contributed by atoms with Gasteiger partial charge >= 0.3 is 0 Å². The number of alkyl halides is 1. The third-order valence-corrected chi connectivity index (χ3v) is 4.46. The van der Waals surface area contributed by atoms with E-state index in [0.29, 0.717) is 39.6 Å². The Morgan fingerprint density at radius 1 is 0.929 bits per heavy atom. The molecule has 1 unspecified atom stereocenters. The summed E-state index contributed by atoms with van der Waals surface area (Å²) in [5.74, 6) is -0.260. The molecular formula is C20H41FN2O5. The first-order valence-electron chi connectivity index (χ1n) is 10.1. The summed E-state index contributed by atoms with van der Waals surface area (Å²) in [5.41, 5.74) is -0.840. The van der Waals surface area contributed by atoms with Crippen molar-refractivity contribution < 1.29 is 28.1 Å².